The van der Waals surface area contributed by atoms with Gasteiger partial charge in [-0.05, 0) is 43.5 Å². The highest BCUT2D eigenvalue weighted by Gasteiger charge is 1.97. The van der Waals surface area contributed by atoms with Crippen molar-refractivity contribution in [2.24, 2.45) is 0 Å². The number of hydrogen-bond acceptors (Lipinski definition) is 2. The fraction of sp³-hybridized carbons (Fsp3) is 0.200. The van der Waals surface area contributed by atoms with Gasteiger partial charge in [-0.2, -0.15) is 0 Å². The number of hydrogen-bond donors (Lipinski definition) is 2. The van der Waals surface area contributed by atoms with Gasteiger partial charge >= 0.3 is 0 Å². The van der Waals surface area contributed by atoms with Crippen LogP contribution in [-0.2, 0) is 0 Å². The lowest BCUT2D eigenvalue weighted by molar-refractivity contribution is 0.186. The minimum atomic E-state index is -0.125. The lowest BCUT2D eigenvalue weighted by atomic mass is 10.2. The number of aliphatic hydroxyl groups is 2. The van der Waals surface area contributed by atoms with Crippen molar-refractivity contribution in [2.45, 2.75) is 0 Å². The largest absolute Gasteiger partial charge is 0.394 e. The zero-order chi connectivity index (χ0) is 11.0. The van der Waals surface area contributed by atoms with Crippen molar-refractivity contribution in [3.05, 3.63) is 39.3 Å². The first kappa shape index (κ1) is 13.8. The van der Waals surface area contributed by atoms with Gasteiger partial charge in [0.2, 0.25) is 0 Å². The Kier molecular flexibility index (Phi) is 8.08. The Morgan fingerprint density at radius 1 is 1.21 bits per heavy atom. The Bertz CT molecular complexity index is 285. The van der Waals surface area contributed by atoms with Gasteiger partial charge in [-0.3, -0.25) is 0 Å². The number of halogens is 2. The van der Waals surface area contributed by atoms with Gasteiger partial charge in [-0.15, -0.1) is 0 Å². The van der Waals surface area contributed by atoms with E-state index in [2.05, 4.69) is 38.4 Å². The van der Waals surface area contributed by atoms with Gasteiger partial charge in [0.15, 0.2) is 0 Å². The molecular weight excluding hydrogens is 312 g/mol. The Balaban J connectivity index is 0.000000364. The van der Waals surface area contributed by atoms with Gasteiger partial charge in [0.1, 0.15) is 0 Å². The van der Waals surface area contributed by atoms with Crippen LogP contribution in [0.2, 0.25) is 0 Å². The number of rotatable bonds is 2. The van der Waals surface area contributed by atoms with E-state index in [0.29, 0.717) is 0 Å². The van der Waals surface area contributed by atoms with E-state index in [1.807, 2.05) is 24.3 Å². The van der Waals surface area contributed by atoms with Crippen LogP contribution in [0.3, 0.4) is 0 Å². The van der Waals surface area contributed by atoms with Crippen LogP contribution in [0, 0.1) is 0 Å². The van der Waals surface area contributed by atoms with Crippen LogP contribution < -0.4 is 0 Å². The van der Waals surface area contributed by atoms with Crippen molar-refractivity contribution < 1.29 is 10.2 Å². The second-order valence-corrected chi connectivity index (χ2v) is 3.94. The molecule has 14 heavy (non-hydrogen) atoms. The molecule has 0 aliphatic heterocycles. The molecule has 4 heteroatoms. The first-order valence-electron chi connectivity index (χ1n) is 3.95. The lowest BCUT2D eigenvalue weighted by Gasteiger charge is -1.98. The molecule has 2 nitrogen and oxygen atoms in total. The van der Waals surface area contributed by atoms with Gasteiger partial charge in [-0.25, -0.2) is 0 Å². The summed E-state index contributed by atoms with van der Waals surface area (Å²) < 4.78 is 2.12. The summed E-state index contributed by atoms with van der Waals surface area (Å²) in [5, 5.41) is 15.2. The van der Waals surface area contributed by atoms with E-state index in [4.69, 9.17) is 10.2 Å². The zero-order valence-electron chi connectivity index (χ0n) is 7.58. The minimum absolute atomic E-state index is 0.125. The normalized spacial score (nSPS) is 8.86. The molecule has 0 spiro atoms. The van der Waals surface area contributed by atoms with Crippen LogP contribution in [-0.4, -0.2) is 23.4 Å². The van der Waals surface area contributed by atoms with E-state index < -0.39 is 0 Å². The van der Waals surface area contributed by atoms with Crippen LogP contribution in [0.25, 0.3) is 6.08 Å². The summed E-state index contributed by atoms with van der Waals surface area (Å²) in [6, 6.07) is 5.96. The van der Waals surface area contributed by atoms with Crippen LogP contribution in [0.5, 0.6) is 0 Å². The van der Waals surface area contributed by atoms with Crippen LogP contribution >= 0.6 is 31.9 Å². The van der Waals surface area contributed by atoms with E-state index in [9.17, 15) is 0 Å². The fourth-order valence-electron chi connectivity index (χ4n) is 0.678. The molecule has 0 radical (unpaired) electrons. The van der Waals surface area contributed by atoms with Crippen molar-refractivity contribution in [1.82, 2.24) is 0 Å². The van der Waals surface area contributed by atoms with Crippen LogP contribution in [0.1, 0.15) is 5.56 Å². The maximum atomic E-state index is 7.62. The van der Waals surface area contributed by atoms with Gasteiger partial charge in [-0.1, -0.05) is 24.8 Å². The molecule has 2 N–H and O–H groups in total. The first-order valence-corrected chi connectivity index (χ1v) is 5.54. The predicted octanol–water partition coefficient (Wildman–Crippen LogP) is 2.83. The van der Waals surface area contributed by atoms with Crippen LogP contribution in [0.15, 0.2) is 33.7 Å². The average Bonchev–Trinajstić information content (AvgIpc) is 2.22. The Morgan fingerprint density at radius 3 is 2.14 bits per heavy atom. The molecule has 0 aliphatic rings. The molecule has 0 heterocycles. The highest BCUT2D eigenvalue weighted by Crippen LogP contribution is 2.26. The lowest BCUT2D eigenvalue weighted by Crippen LogP contribution is -1.85. The molecule has 0 unspecified atom stereocenters. The van der Waals surface area contributed by atoms with Crippen molar-refractivity contribution in [3.8, 4) is 0 Å². The van der Waals surface area contributed by atoms with E-state index in [1.54, 1.807) is 0 Å². The third-order valence-corrected chi connectivity index (χ3v) is 3.38. The molecule has 1 rings (SSSR count). The highest BCUT2D eigenvalue weighted by atomic mass is 79.9. The predicted molar refractivity (Wildman–Crippen MR) is 66.1 cm³/mol. The molecule has 0 amide bonds. The monoisotopic (exact) mass is 322 g/mol. The SMILES string of the molecule is C=Cc1cccc(Br)c1Br.OCCO. The summed E-state index contributed by atoms with van der Waals surface area (Å²) in [7, 11) is 0. The summed E-state index contributed by atoms with van der Waals surface area (Å²) in [5.41, 5.74) is 1.11. The van der Waals surface area contributed by atoms with Gasteiger partial charge in [0.05, 0.1) is 13.2 Å². The summed E-state index contributed by atoms with van der Waals surface area (Å²) >= 11 is 6.81. The van der Waals surface area contributed by atoms with E-state index >= 15 is 0 Å². The third-order valence-electron chi connectivity index (χ3n) is 1.30. The molecule has 0 atom stereocenters. The number of aliphatic hydroxyl groups excluding tert-OH is 2. The van der Waals surface area contributed by atoms with Gasteiger partial charge < -0.3 is 10.2 Å². The molecule has 1 aromatic carbocycles. The van der Waals surface area contributed by atoms with Gasteiger partial charge in [0.25, 0.3) is 0 Å². The van der Waals surface area contributed by atoms with Gasteiger partial charge in [0, 0.05) is 8.95 Å². The van der Waals surface area contributed by atoms with Crippen molar-refractivity contribution in [1.29, 1.82) is 0 Å². The quantitative estimate of drug-likeness (QED) is 0.878. The molecule has 0 fully saturated rings. The van der Waals surface area contributed by atoms with Crippen molar-refractivity contribution >= 4 is 37.9 Å². The summed E-state index contributed by atoms with van der Waals surface area (Å²) in [6.45, 7) is 3.43. The van der Waals surface area contributed by atoms with Crippen molar-refractivity contribution in [2.75, 3.05) is 13.2 Å². The van der Waals surface area contributed by atoms with Crippen molar-refractivity contribution in [3.63, 3.8) is 0 Å². The summed E-state index contributed by atoms with van der Waals surface area (Å²) in [6.07, 6.45) is 1.81. The maximum Gasteiger partial charge on any atom is 0.0662 e. The fourth-order valence-corrected chi connectivity index (χ4v) is 1.49. The average molecular weight is 324 g/mol. The zero-order valence-corrected chi connectivity index (χ0v) is 10.8. The smallest absolute Gasteiger partial charge is 0.0662 e. The Hall–Kier alpha value is -0.160. The Morgan fingerprint density at radius 2 is 1.79 bits per heavy atom. The van der Waals surface area contributed by atoms with Crippen LogP contribution in [0.4, 0.5) is 0 Å². The third kappa shape index (κ3) is 4.91. The molecule has 0 bridgehead atoms. The second-order valence-electron chi connectivity index (χ2n) is 2.29. The summed E-state index contributed by atoms with van der Waals surface area (Å²) in [5.74, 6) is 0. The molecule has 0 aromatic heterocycles. The highest BCUT2D eigenvalue weighted by molar-refractivity contribution is 9.13. The maximum absolute atomic E-state index is 7.62. The first-order chi connectivity index (χ1) is 6.67. The second kappa shape index (κ2) is 8.17. The summed E-state index contributed by atoms with van der Waals surface area (Å²) in [4.78, 5) is 0. The molecule has 0 aliphatic carbocycles. The molecular formula is C10H12Br2O2. The molecule has 0 saturated heterocycles. The minimum Gasteiger partial charge on any atom is -0.394 e. The molecule has 1 aromatic rings. The standard InChI is InChI=1S/C8H6Br2.C2H6O2/c1-2-6-4-3-5-7(9)8(6)10;3-1-2-4/h2-5H,1H2;3-4H,1-2H2. The number of benzene rings is 1. The topological polar surface area (TPSA) is 40.5 Å². The van der Waals surface area contributed by atoms with E-state index in [0.717, 1.165) is 14.5 Å². The van der Waals surface area contributed by atoms with E-state index in [-0.39, 0.29) is 13.2 Å². The molecule has 78 valence electrons. The van der Waals surface area contributed by atoms with E-state index in [1.165, 1.54) is 0 Å². The molecule has 0 saturated carbocycles. The Labute approximate surface area is 101 Å².